The minimum Gasteiger partial charge on any atom is -0.282 e. The van der Waals surface area contributed by atoms with Crippen molar-refractivity contribution in [3.05, 3.63) is 17.5 Å². The molecule has 0 aliphatic heterocycles. The van der Waals surface area contributed by atoms with Crippen molar-refractivity contribution in [3.8, 4) is 0 Å². The average molecular weight is 339 g/mol. The van der Waals surface area contributed by atoms with Crippen molar-refractivity contribution in [1.82, 2.24) is 10.2 Å². The van der Waals surface area contributed by atoms with E-state index in [-0.39, 0.29) is 0 Å². The molecule has 8 aliphatic rings. The van der Waals surface area contributed by atoms with E-state index in [0.717, 1.165) is 35.5 Å². The van der Waals surface area contributed by atoms with Gasteiger partial charge >= 0.3 is 0 Å². The Labute approximate surface area is 151 Å². The molecule has 0 spiro atoms. The van der Waals surface area contributed by atoms with Gasteiger partial charge in [-0.25, -0.2) is 0 Å². The fourth-order valence-corrected chi connectivity index (χ4v) is 9.73. The highest BCUT2D eigenvalue weighted by Gasteiger charge is 2.55. The van der Waals surface area contributed by atoms with Crippen LogP contribution in [0.15, 0.2) is 6.07 Å². The molecule has 8 fully saturated rings. The Hall–Kier alpha value is -0.790. The van der Waals surface area contributed by atoms with Gasteiger partial charge in [-0.3, -0.25) is 5.10 Å². The van der Waals surface area contributed by atoms with Gasteiger partial charge in [0, 0.05) is 16.5 Å². The summed E-state index contributed by atoms with van der Waals surface area (Å²) in [7, 11) is 0. The van der Waals surface area contributed by atoms with E-state index >= 15 is 0 Å². The third-order valence-electron chi connectivity index (χ3n) is 9.77. The molecule has 9 rings (SSSR count). The fraction of sp³-hybridized carbons (Fsp3) is 0.870. The molecule has 8 saturated carbocycles. The van der Waals surface area contributed by atoms with E-state index < -0.39 is 0 Å². The van der Waals surface area contributed by atoms with Crippen LogP contribution in [0.1, 0.15) is 88.4 Å². The number of nitrogens with one attached hydrogen (secondary N) is 1. The van der Waals surface area contributed by atoms with Crippen molar-refractivity contribution in [2.45, 2.75) is 87.9 Å². The van der Waals surface area contributed by atoms with Gasteiger partial charge in [0.05, 0.1) is 5.69 Å². The largest absolute Gasteiger partial charge is 0.282 e. The van der Waals surface area contributed by atoms with Gasteiger partial charge in [0.25, 0.3) is 0 Å². The van der Waals surface area contributed by atoms with Crippen LogP contribution in [0.2, 0.25) is 0 Å². The monoisotopic (exact) mass is 338 g/mol. The Morgan fingerprint density at radius 3 is 1.48 bits per heavy atom. The van der Waals surface area contributed by atoms with Crippen molar-refractivity contribution in [3.63, 3.8) is 0 Å². The van der Waals surface area contributed by atoms with Crippen LogP contribution >= 0.6 is 0 Å². The van der Waals surface area contributed by atoms with Crippen LogP contribution in [0.5, 0.6) is 0 Å². The van der Waals surface area contributed by atoms with Gasteiger partial charge in [0.2, 0.25) is 0 Å². The summed E-state index contributed by atoms with van der Waals surface area (Å²) >= 11 is 0. The lowest BCUT2D eigenvalue weighted by Gasteiger charge is -2.57. The Kier molecular flexibility index (Phi) is 2.60. The molecule has 1 N–H and O–H groups in total. The second-order valence-corrected chi connectivity index (χ2v) is 11.6. The predicted octanol–water partition coefficient (Wildman–Crippen LogP) is 5.35. The molecule has 8 aliphatic carbocycles. The Morgan fingerprint density at radius 2 is 1.04 bits per heavy atom. The third-order valence-corrected chi connectivity index (χ3v) is 9.77. The van der Waals surface area contributed by atoms with E-state index in [0.29, 0.717) is 10.8 Å². The van der Waals surface area contributed by atoms with Crippen LogP contribution in [0.3, 0.4) is 0 Å². The molecule has 0 atom stereocenters. The third kappa shape index (κ3) is 1.90. The minimum atomic E-state index is 0.464. The maximum Gasteiger partial charge on any atom is 0.0687 e. The second kappa shape index (κ2) is 4.54. The predicted molar refractivity (Wildman–Crippen MR) is 98.3 cm³/mol. The number of rotatable bonds is 2. The summed E-state index contributed by atoms with van der Waals surface area (Å²) in [5.74, 6) is 6.13. The van der Waals surface area contributed by atoms with Crippen LogP contribution in [0.25, 0.3) is 0 Å². The zero-order chi connectivity index (χ0) is 16.2. The summed E-state index contributed by atoms with van der Waals surface area (Å²) in [6, 6.07) is 2.60. The Bertz CT molecular complexity index is 584. The van der Waals surface area contributed by atoms with Gasteiger partial charge in [-0.2, -0.15) is 5.10 Å². The van der Waals surface area contributed by atoms with E-state index in [4.69, 9.17) is 5.10 Å². The number of aromatic amines is 1. The maximum atomic E-state index is 5.04. The van der Waals surface area contributed by atoms with Crippen LogP contribution < -0.4 is 0 Å². The average Bonchev–Trinajstić information content (AvgIpc) is 3.04. The molecule has 0 saturated heterocycles. The van der Waals surface area contributed by atoms with E-state index in [9.17, 15) is 0 Å². The molecular weight excluding hydrogens is 306 g/mol. The normalized spacial score (nSPS) is 55.2. The molecule has 0 aromatic carbocycles. The highest BCUT2D eigenvalue weighted by molar-refractivity contribution is 5.30. The number of nitrogens with zero attached hydrogens (tertiary/aromatic N) is 1. The minimum absolute atomic E-state index is 0.464. The molecule has 2 heteroatoms. The van der Waals surface area contributed by atoms with Gasteiger partial charge in [-0.05, 0) is 119 Å². The Morgan fingerprint density at radius 1 is 0.640 bits per heavy atom. The zero-order valence-corrected chi connectivity index (χ0v) is 15.5. The van der Waals surface area contributed by atoms with Crippen LogP contribution in [-0.2, 0) is 10.8 Å². The molecule has 2 nitrogen and oxygen atoms in total. The van der Waals surface area contributed by atoms with E-state index in [2.05, 4.69) is 11.2 Å². The highest BCUT2D eigenvalue weighted by atomic mass is 16.0. The Balaban J connectivity index is 1.25. The van der Waals surface area contributed by atoms with Crippen molar-refractivity contribution in [2.75, 3.05) is 0 Å². The number of hydrogen-bond donors (Lipinski definition) is 1. The molecule has 1 aromatic rings. The number of H-pyrrole nitrogens is 1. The first-order valence-electron chi connectivity index (χ1n) is 11.2. The second-order valence-electron chi connectivity index (χ2n) is 11.6. The molecule has 134 valence electrons. The van der Waals surface area contributed by atoms with Gasteiger partial charge in [0.15, 0.2) is 0 Å². The summed E-state index contributed by atoms with van der Waals surface area (Å²) in [6.07, 6.45) is 17.9. The summed E-state index contributed by atoms with van der Waals surface area (Å²) in [4.78, 5) is 0. The number of hydrogen-bond acceptors (Lipinski definition) is 1. The summed E-state index contributed by atoms with van der Waals surface area (Å²) in [6.45, 7) is 0. The topological polar surface area (TPSA) is 28.7 Å². The summed E-state index contributed by atoms with van der Waals surface area (Å²) in [5, 5.41) is 8.68. The number of aromatic nitrogens is 2. The maximum absolute atomic E-state index is 5.04. The van der Waals surface area contributed by atoms with Crippen molar-refractivity contribution in [1.29, 1.82) is 0 Å². The van der Waals surface area contributed by atoms with Gasteiger partial charge in [-0.15, -0.1) is 0 Å². The highest BCUT2D eigenvalue weighted by Crippen LogP contribution is 2.63. The van der Waals surface area contributed by atoms with Crippen molar-refractivity contribution >= 4 is 0 Å². The van der Waals surface area contributed by atoms with Crippen LogP contribution in [-0.4, -0.2) is 10.2 Å². The van der Waals surface area contributed by atoms with Gasteiger partial charge in [0.1, 0.15) is 0 Å². The van der Waals surface area contributed by atoms with Gasteiger partial charge < -0.3 is 0 Å². The molecule has 1 heterocycles. The first-order valence-corrected chi connectivity index (χ1v) is 11.2. The lowest BCUT2D eigenvalue weighted by Crippen LogP contribution is -2.49. The van der Waals surface area contributed by atoms with Gasteiger partial charge in [-0.1, -0.05) is 0 Å². The van der Waals surface area contributed by atoms with Crippen molar-refractivity contribution < 1.29 is 0 Å². The molecular formula is C23H32N2. The summed E-state index contributed by atoms with van der Waals surface area (Å²) in [5.41, 5.74) is 3.99. The van der Waals surface area contributed by atoms with Crippen LogP contribution in [0.4, 0.5) is 0 Å². The fourth-order valence-electron chi connectivity index (χ4n) is 9.73. The van der Waals surface area contributed by atoms with Crippen molar-refractivity contribution in [2.24, 2.45) is 35.5 Å². The lowest BCUT2D eigenvalue weighted by molar-refractivity contribution is -0.00828. The van der Waals surface area contributed by atoms with E-state index in [1.54, 1.807) is 5.69 Å². The first-order chi connectivity index (χ1) is 12.2. The molecule has 1 aromatic heterocycles. The van der Waals surface area contributed by atoms with E-state index in [1.165, 1.54) is 82.7 Å². The molecule has 0 amide bonds. The molecule has 0 radical (unpaired) electrons. The molecule has 25 heavy (non-hydrogen) atoms. The molecule has 0 unspecified atom stereocenters. The smallest absolute Gasteiger partial charge is 0.0687 e. The molecule has 8 bridgehead atoms. The quantitative estimate of drug-likeness (QED) is 0.774. The lowest BCUT2D eigenvalue weighted by atomic mass is 9.48. The standard InChI is InChI=1S/C23H32N2/c1-14-2-16-3-15(1)9-22(8-14,10-16)20-7-21(25-24-20)23-11-17-4-18(12-23)6-19(5-17)13-23/h7,14-19H,1-6,8-13H2,(H,24,25)/i24+1,25+1. The first kappa shape index (κ1) is 14.3. The summed E-state index contributed by atoms with van der Waals surface area (Å²) < 4.78 is 0. The zero-order valence-electron chi connectivity index (χ0n) is 15.5. The SMILES string of the molecule is c1c(C23CC4CC(CC(C4)C2)C3)[15n][15nH]c1C12CC3CC(CC(C3)C1)C2. The van der Waals surface area contributed by atoms with Crippen LogP contribution in [0, 0.1) is 35.5 Å². The van der Waals surface area contributed by atoms with E-state index in [1.807, 2.05) is 0 Å².